The normalized spacial score (nSPS) is 18.4. The van der Waals surface area contributed by atoms with Crippen molar-refractivity contribution in [2.24, 2.45) is 0 Å². The van der Waals surface area contributed by atoms with Crippen LogP contribution in [0.25, 0.3) is 0 Å². The lowest BCUT2D eigenvalue weighted by Gasteiger charge is -2.29. The lowest BCUT2D eigenvalue weighted by atomic mass is 9.92. The van der Waals surface area contributed by atoms with Gasteiger partial charge in [0.25, 0.3) is 5.91 Å². The second-order valence-electron chi connectivity index (χ2n) is 8.55. The lowest BCUT2D eigenvalue weighted by molar-refractivity contribution is -0.133. The van der Waals surface area contributed by atoms with Crippen LogP contribution >= 0.6 is 0 Å². The van der Waals surface area contributed by atoms with Crippen molar-refractivity contribution in [1.29, 1.82) is 0 Å². The molecule has 31 heavy (non-hydrogen) atoms. The Morgan fingerprint density at radius 2 is 1.71 bits per heavy atom. The second kappa shape index (κ2) is 8.96. The Hall–Kier alpha value is -3.08. The van der Waals surface area contributed by atoms with E-state index in [0.717, 1.165) is 23.1 Å². The maximum atomic E-state index is 12.8. The van der Waals surface area contributed by atoms with Crippen molar-refractivity contribution < 1.29 is 19.2 Å². The van der Waals surface area contributed by atoms with Gasteiger partial charge in [0.15, 0.2) is 5.78 Å². The van der Waals surface area contributed by atoms with Crippen molar-refractivity contribution >= 4 is 23.3 Å². The molecular formula is C26H27NO4. The molecule has 4 rings (SSSR count). The minimum absolute atomic E-state index is 0.0429. The van der Waals surface area contributed by atoms with Crippen LogP contribution in [0.5, 0.6) is 0 Å². The smallest absolute Gasteiger partial charge is 0.255 e. The van der Waals surface area contributed by atoms with E-state index in [9.17, 15) is 19.2 Å². The van der Waals surface area contributed by atoms with Gasteiger partial charge in [0.2, 0.25) is 0 Å². The molecule has 1 saturated carbocycles. The van der Waals surface area contributed by atoms with Gasteiger partial charge < -0.3 is 4.90 Å². The largest absolute Gasteiger partial charge is 0.324 e. The number of carbonyl (C=O) groups is 4. The van der Waals surface area contributed by atoms with Gasteiger partial charge in [-0.2, -0.15) is 0 Å². The molecule has 5 nitrogen and oxygen atoms in total. The molecule has 5 heteroatoms. The number of benzene rings is 2. The standard InChI is InChI=1S/C26H27NO4/c1-2-17-3-5-19(6-4-17)14-21(28)9-7-18-8-11-23-20(13-18)16-27(26(23)31)24-12-10-22(29)15-25(24)30/h3-6,8,11,13,24H,2,7,9-10,12,14-16H2,1H3. The summed E-state index contributed by atoms with van der Waals surface area (Å²) in [6, 6.07) is 13.4. The topological polar surface area (TPSA) is 71.5 Å². The van der Waals surface area contributed by atoms with Crippen LogP contribution in [0.15, 0.2) is 42.5 Å². The van der Waals surface area contributed by atoms with Gasteiger partial charge in [-0.3, -0.25) is 19.2 Å². The molecule has 2 aliphatic rings. The zero-order valence-corrected chi connectivity index (χ0v) is 17.9. The van der Waals surface area contributed by atoms with Gasteiger partial charge in [0, 0.05) is 31.4 Å². The predicted octanol–water partition coefficient (Wildman–Crippen LogP) is 3.64. The fourth-order valence-corrected chi connectivity index (χ4v) is 4.49. The maximum absolute atomic E-state index is 12.8. The molecule has 1 fully saturated rings. The minimum atomic E-state index is -0.498. The van der Waals surface area contributed by atoms with E-state index in [-0.39, 0.29) is 29.7 Å². The van der Waals surface area contributed by atoms with Crippen LogP contribution in [-0.4, -0.2) is 34.2 Å². The molecule has 0 N–H and O–H groups in total. The molecule has 0 bridgehead atoms. The Morgan fingerprint density at radius 3 is 2.42 bits per heavy atom. The first-order chi connectivity index (χ1) is 14.9. The first kappa shape index (κ1) is 21.2. The van der Waals surface area contributed by atoms with Crippen molar-refractivity contribution in [1.82, 2.24) is 4.90 Å². The third-order valence-electron chi connectivity index (χ3n) is 6.34. The van der Waals surface area contributed by atoms with Gasteiger partial charge >= 0.3 is 0 Å². The van der Waals surface area contributed by atoms with Crippen molar-refractivity contribution in [2.45, 2.75) is 64.5 Å². The third kappa shape index (κ3) is 4.66. The molecule has 1 aliphatic carbocycles. The van der Waals surface area contributed by atoms with Gasteiger partial charge in [0.1, 0.15) is 11.6 Å². The fraction of sp³-hybridized carbons (Fsp3) is 0.385. The summed E-state index contributed by atoms with van der Waals surface area (Å²) in [5.74, 6) is -0.144. The van der Waals surface area contributed by atoms with E-state index in [1.165, 1.54) is 5.56 Å². The summed E-state index contributed by atoms with van der Waals surface area (Å²) in [5.41, 5.74) is 4.84. The maximum Gasteiger partial charge on any atom is 0.255 e. The highest BCUT2D eigenvalue weighted by Crippen LogP contribution is 2.29. The van der Waals surface area contributed by atoms with Crippen molar-refractivity contribution in [3.8, 4) is 0 Å². The van der Waals surface area contributed by atoms with Crippen LogP contribution in [0.3, 0.4) is 0 Å². The highest BCUT2D eigenvalue weighted by atomic mass is 16.2. The van der Waals surface area contributed by atoms with Crippen molar-refractivity contribution in [3.05, 3.63) is 70.3 Å². The van der Waals surface area contributed by atoms with Crippen LogP contribution in [0.2, 0.25) is 0 Å². The van der Waals surface area contributed by atoms with Gasteiger partial charge in [-0.1, -0.05) is 43.3 Å². The van der Waals surface area contributed by atoms with Gasteiger partial charge in [-0.15, -0.1) is 0 Å². The molecule has 1 unspecified atom stereocenters. The molecule has 0 radical (unpaired) electrons. The molecule has 160 valence electrons. The summed E-state index contributed by atoms with van der Waals surface area (Å²) in [6.07, 6.45) is 3.20. The average molecular weight is 418 g/mol. The quantitative estimate of drug-likeness (QED) is 0.645. The molecule has 0 spiro atoms. The highest BCUT2D eigenvalue weighted by Gasteiger charge is 2.38. The predicted molar refractivity (Wildman–Crippen MR) is 117 cm³/mol. The van der Waals surface area contributed by atoms with Crippen molar-refractivity contribution in [2.75, 3.05) is 0 Å². The molecule has 1 heterocycles. The number of aryl methyl sites for hydroxylation is 2. The molecule has 1 amide bonds. The Bertz CT molecular complexity index is 1040. The number of ketones is 3. The average Bonchev–Trinajstić information content (AvgIpc) is 3.08. The molecular weight excluding hydrogens is 390 g/mol. The number of nitrogens with zero attached hydrogens (tertiary/aromatic N) is 1. The molecule has 0 saturated heterocycles. The first-order valence-electron chi connectivity index (χ1n) is 11.0. The Morgan fingerprint density at radius 1 is 1.00 bits per heavy atom. The fourth-order valence-electron chi connectivity index (χ4n) is 4.49. The summed E-state index contributed by atoms with van der Waals surface area (Å²) < 4.78 is 0. The zero-order valence-electron chi connectivity index (χ0n) is 17.9. The molecule has 2 aromatic rings. The Labute approximate surface area is 182 Å². The van der Waals surface area contributed by atoms with Gasteiger partial charge in [-0.05, 0) is 47.6 Å². The van der Waals surface area contributed by atoms with E-state index in [1.54, 1.807) is 11.0 Å². The van der Waals surface area contributed by atoms with Crippen LogP contribution in [0.4, 0.5) is 0 Å². The van der Waals surface area contributed by atoms with Crippen LogP contribution in [0, 0.1) is 0 Å². The zero-order chi connectivity index (χ0) is 22.0. The summed E-state index contributed by atoms with van der Waals surface area (Å²) in [5, 5.41) is 0. The summed E-state index contributed by atoms with van der Waals surface area (Å²) in [7, 11) is 0. The monoisotopic (exact) mass is 417 g/mol. The number of rotatable bonds is 7. The number of carbonyl (C=O) groups excluding carboxylic acids is 4. The Balaban J connectivity index is 1.36. The second-order valence-corrected chi connectivity index (χ2v) is 8.55. The molecule has 1 aliphatic heterocycles. The highest BCUT2D eigenvalue weighted by molar-refractivity contribution is 6.07. The van der Waals surface area contributed by atoms with E-state index in [4.69, 9.17) is 0 Å². The third-order valence-corrected chi connectivity index (χ3v) is 6.34. The minimum Gasteiger partial charge on any atom is -0.324 e. The summed E-state index contributed by atoms with van der Waals surface area (Å²) >= 11 is 0. The SMILES string of the molecule is CCc1ccc(CC(=O)CCc2ccc3c(c2)CN(C2CCC(=O)CC2=O)C3=O)cc1. The molecule has 0 aromatic heterocycles. The van der Waals surface area contributed by atoms with Crippen LogP contribution in [0.1, 0.15) is 65.2 Å². The summed E-state index contributed by atoms with van der Waals surface area (Å²) in [6.45, 7) is 2.50. The van der Waals surface area contributed by atoms with E-state index in [2.05, 4.69) is 19.1 Å². The molecule has 2 aromatic carbocycles. The first-order valence-corrected chi connectivity index (χ1v) is 11.0. The van der Waals surface area contributed by atoms with Crippen LogP contribution < -0.4 is 0 Å². The van der Waals surface area contributed by atoms with E-state index in [0.29, 0.717) is 44.2 Å². The number of amides is 1. The van der Waals surface area contributed by atoms with Gasteiger partial charge in [-0.25, -0.2) is 0 Å². The number of Topliss-reactive ketones (excluding diaryl/α,β-unsaturated/α-hetero) is 3. The molecule has 1 atom stereocenters. The number of hydrogen-bond donors (Lipinski definition) is 0. The van der Waals surface area contributed by atoms with E-state index in [1.807, 2.05) is 24.3 Å². The number of fused-ring (bicyclic) bond motifs is 1. The lowest BCUT2D eigenvalue weighted by Crippen LogP contribution is -2.44. The van der Waals surface area contributed by atoms with Gasteiger partial charge in [0.05, 0.1) is 12.5 Å². The Kier molecular flexibility index (Phi) is 6.12. The summed E-state index contributed by atoms with van der Waals surface area (Å²) in [4.78, 5) is 50.6. The van der Waals surface area contributed by atoms with E-state index < -0.39 is 6.04 Å². The van der Waals surface area contributed by atoms with Crippen molar-refractivity contribution in [3.63, 3.8) is 0 Å². The van der Waals surface area contributed by atoms with E-state index >= 15 is 0 Å². The number of hydrogen-bond acceptors (Lipinski definition) is 4. The van der Waals surface area contributed by atoms with Crippen LogP contribution in [-0.2, 0) is 40.2 Å².